The number of aromatic nitrogens is 1. The number of aromatic hydroxyl groups is 1. The minimum absolute atomic E-state index is 0.108. The molecule has 4 heteroatoms. The van der Waals surface area contributed by atoms with E-state index in [0.29, 0.717) is 17.9 Å². The molecule has 0 saturated heterocycles. The number of aliphatic hydroxyl groups excluding tert-OH is 1. The molecule has 0 aliphatic rings. The van der Waals surface area contributed by atoms with E-state index in [-0.39, 0.29) is 12.4 Å². The third-order valence-corrected chi connectivity index (χ3v) is 1.95. The Morgan fingerprint density at radius 3 is 2.77 bits per heavy atom. The van der Waals surface area contributed by atoms with E-state index < -0.39 is 0 Å². The Balaban J connectivity index is 3.13. The SMILES string of the molecule is COCc1c[nH+]c(C)c(O)c1CO. The molecule has 0 spiro atoms. The lowest BCUT2D eigenvalue weighted by Gasteiger charge is -2.05. The molecular weight excluding hydrogens is 170 g/mol. The summed E-state index contributed by atoms with van der Waals surface area (Å²) in [5, 5.41) is 18.6. The average Bonchev–Trinajstić information content (AvgIpc) is 2.12. The molecule has 0 bridgehead atoms. The molecule has 0 aliphatic heterocycles. The third-order valence-electron chi connectivity index (χ3n) is 1.95. The summed E-state index contributed by atoms with van der Waals surface area (Å²) in [5.41, 5.74) is 1.94. The van der Waals surface area contributed by atoms with E-state index in [1.807, 2.05) is 0 Å². The zero-order valence-corrected chi connectivity index (χ0v) is 7.79. The molecule has 0 fully saturated rings. The molecule has 0 aliphatic carbocycles. The van der Waals surface area contributed by atoms with Crippen molar-refractivity contribution in [2.24, 2.45) is 0 Å². The molecule has 0 atom stereocenters. The highest BCUT2D eigenvalue weighted by Crippen LogP contribution is 2.21. The Kier molecular flexibility index (Phi) is 3.22. The van der Waals surface area contributed by atoms with Crippen molar-refractivity contribution >= 4 is 0 Å². The summed E-state index contributed by atoms with van der Waals surface area (Å²) in [5.74, 6) is 0.108. The van der Waals surface area contributed by atoms with Crippen molar-refractivity contribution in [1.29, 1.82) is 0 Å². The molecule has 1 aromatic heterocycles. The van der Waals surface area contributed by atoms with Gasteiger partial charge in [0, 0.05) is 19.6 Å². The van der Waals surface area contributed by atoms with Gasteiger partial charge in [0.15, 0.2) is 11.9 Å². The maximum Gasteiger partial charge on any atom is 0.219 e. The Labute approximate surface area is 76.8 Å². The first-order chi connectivity index (χ1) is 6.20. The topological polar surface area (TPSA) is 63.8 Å². The second-order valence-corrected chi connectivity index (χ2v) is 2.86. The van der Waals surface area contributed by atoms with Crippen LogP contribution in [0.25, 0.3) is 0 Å². The number of hydrogen-bond donors (Lipinski definition) is 2. The van der Waals surface area contributed by atoms with Gasteiger partial charge in [-0.05, 0) is 0 Å². The zero-order chi connectivity index (χ0) is 9.84. The van der Waals surface area contributed by atoms with Gasteiger partial charge < -0.3 is 14.9 Å². The Bertz CT molecular complexity index is 299. The van der Waals surface area contributed by atoms with Crippen LogP contribution >= 0.6 is 0 Å². The number of pyridine rings is 1. The molecule has 3 N–H and O–H groups in total. The summed E-state index contributed by atoms with van der Waals surface area (Å²) in [7, 11) is 1.57. The largest absolute Gasteiger partial charge is 0.502 e. The average molecular weight is 184 g/mol. The fourth-order valence-electron chi connectivity index (χ4n) is 1.19. The van der Waals surface area contributed by atoms with E-state index in [1.165, 1.54) is 0 Å². The van der Waals surface area contributed by atoms with Crippen LogP contribution in [-0.4, -0.2) is 17.3 Å². The highest BCUT2D eigenvalue weighted by Gasteiger charge is 2.14. The first kappa shape index (κ1) is 9.95. The van der Waals surface area contributed by atoms with Crippen molar-refractivity contribution in [3.8, 4) is 5.75 Å². The van der Waals surface area contributed by atoms with Crippen LogP contribution in [0.1, 0.15) is 16.8 Å². The van der Waals surface area contributed by atoms with Crippen LogP contribution in [0.2, 0.25) is 0 Å². The fourth-order valence-corrected chi connectivity index (χ4v) is 1.19. The van der Waals surface area contributed by atoms with Crippen LogP contribution in [0.5, 0.6) is 5.75 Å². The van der Waals surface area contributed by atoms with Crippen molar-refractivity contribution in [2.75, 3.05) is 7.11 Å². The van der Waals surface area contributed by atoms with Gasteiger partial charge in [-0.3, -0.25) is 0 Å². The van der Waals surface area contributed by atoms with Crippen molar-refractivity contribution in [1.82, 2.24) is 0 Å². The van der Waals surface area contributed by atoms with Crippen LogP contribution in [0.4, 0.5) is 0 Å². The molecule has 0 saturated carbocycles. The monoisotopic (exact) mass is 184 g/mol. The molecule has 1 rings (SSSR count). The van der Waals surface area contributed by atoms with Gasteiger partial charge in [0.2, 0.25) is 5.69 Å². The zero-order valence-electron chi connectivity index (χ0n) is 7.79. The second kappa shape index (κ2) is 4.20. The molecule has 72 valence electrons. The standard InChI is InChI=1S/C9H13NO3/c1-6-9(12)8(4-11)7(3-10-6)5-13-2/h3,11-12H,4-5H2,1-2H3/p+1. The number of aromatic amines is 1. The van der Waals surface area contributed by atoms with Gasteiger partial charge in [0.25, 0.3) is 0 Å². The Morgan fingerprint density at radius 2 is 2.23 bits per heavy atom. The van der Waals surface area contributed by atoms with Gasteiger partial charge in [0.1, 0.15) is 0 Å². The minimum Gasteiger partial charge on any atom is -0.502 e. The van der Waals surface area contributed by atoms with Gasteiger partial charge in [-0.15, -0.1) is 0 Å². The normalized spacial score (nSPS) is 10.4. The predicted molar refractivity (Wildman–Crippen MR) is 46.0 cm³/mol. The van der Waals surface area contributed by atoms with Crippen molar-refractivity contribution in [2.45, 2.75) is 20.1 Å². The smallest absolute Gasteiger partial charge is 0.219 e. The highest BCUT2D eigenvalue weighted by molar-refractivity contribution is 5.37. The summed E-state index contributed by atoms with van der Waals surface area (Å²) in [6.45, 7) is 1.94. The molecule has 1 heterocycles. The highest BCUT2D eigenvalue weighted by atomic mass is 16.5. The minimum atomic E-state index is -0.181. The van der Waals surface area contributed by atoms with Crippen LogP contribution in [0.15, 0.2) is 6.20 Å². The lowest BCUT2D eigenvalue weighted by atomic mass is 10.1. The van der Waals surface area contributed by atoms with Crippen molar-refractivity contribution < 1.29 is 19.9 Å². The molecule has 1 aromatic rings. The number of aliphatic hydroxyl groups is 1. The van der Waals surface area contributed by atoms with Gasteiger partial charge in [0.05, 0.1) is 18.8 Å². The maximum atomic E-state index is 9.56. The van der Waals surface area contributed by atoms with E-state index in [2.05, 4.69) is 4.98 Å². The summed E-state index contributed by atoms with van der Waals surface area (Å²) >= 11 is 0. The van der Waals surface area contributed by atoms with E-state index in [0.717, 1.165) is 5.56 Å². The number of aryl methyl sites for hydroxylation is 1. The van der Waals surface area contributed by atoms with Gasteiger partial charge >= 0.3 is 0 Å². The number of ether oxygens (including phenoxy) is 1. The summed E-state index contributed by atoms with van der Waals surface area (Å²) in [4.78, 5) is 2.89. The number of nitrogens with one attached hydrogen (secondary N) is 1. The summed E-state index contributed by atoms with van der Waals surface area (Å²) in [6, 6.07) is 0. The Hall–Kier alpha value is -1.13. The van der Waals surface area contributed by atoms with Crippen LogP contribution in [0, 0.1) is 6.92 Å². The van der Waals surface area contributed by atoms with Gasteiger partial charge in [-0.1, -0.05) is 0 Å². The van der Waals surface area contributed by atoms with Crippen molar-refractivity contribution in [3.63, 3.8) is 0 Å². The maximum absolute atomic E-state index is 9.56. The summed E-state index contributed by atoms with van der Waals surface area (Å²) < 4.78 is 4.92. The van der Waals surface area contributed by atoms with Crippen LogP contribution in [-0.2, 0) is 18.0 Å². The second-order valence-electron chi connectivity index (χ2n) is 2.86. The molecule has 0 amide bonds. The number of H-pyrrole nitrogens is 1. The fraction of sp³-hybridized carbons (Fsp3) is 0.444. The van der Waals surface area contributed by atoms with Gasteiger partial charge in [-0.2, -0.15) is 0 Å². The van der Waals surface area contributed by atoms with Crippen LogP contribution in [0.3, 0.4) is 0 Å². The molecule has 0 aromatic carbocycles. The molecule has 0 unspecified atom stereocenters. The quantitative estimate of drug-likeness (QED) is 0.703. The number of hydrogen-bond acceptors (Lipinski definition) is 3. The first-order valence-corrected chi connectivity index (χ1v) is 4.02. The lowest BCUT2D eigenvalue weighted by Crippen LogP contribution is -2.12. The van der Waals surface area contributed by atoms with Crippen molar-refractivity contribution in [3.05, 3.63) is 23.0 Å². The molecule has 4 nitrogen and oxygen atoms in total. The number of methoxy groups -OCH3 is 1. The number of rotatable bonds is 3. The Morgan fingerprint density at radius 1 is 1.54 bits per heavy atom. The third kappa shape index (κ3) is 1.96. The summed E-state index contributed by atoms with van der Waals surface area (Å²) in [6.07, 6.45) is 1.73. The van der Waals surface area contributed by atoms with Gasteiger partial charge in [-0.25, -0.2) is 4.98 Å². The molecule has 0 radical (unpaired) electrons. The first-order valence-electron chi connectivity index (χ1n) is 4.02. The van der Waals surface area contributed by atoms with E-state index in [9.17, 15) is 5.11 Å². The van der Waals surface area contributed by atoms with E-state index in [4.69, 9.17) is 9.84 Å². The van der Waals surface area contributed by atoms with E-state index >= 15 is 0 Å². The molecule has 13 heavy (non-hydrogen) atoms. The van der Waals surface area contributed by atoms with E-state index in [1.54, 1.807) is 20.2 Å². The molecular formula is C9H14NO3+. The predicted octanol–water partition coefficient (Wildman–Crippen LogP) is 0.153. The lowest BCUT2D eigenvalue weighted by molar-refractivity contribution is -0.389. The van der Waals surface area contributed by atoms with Crippen LogP contribution < -0.4 is 4.98 Å².